The molecule has 1 aliphatic rings. The SMILES string of the molecule is CCc1nncn1CCNC(=NCCOCCO)NC1CCN(Cc2ccccc2)CC1. The highest BCUT2D eigenvalue weighted by Crippen LogP contribution is 2.13. The number of aryl methyl sites for hydroxylation is 1. The maximum atomic E-state index is 8.85. The van der Waals surface area contributed by atoms with Crippen molar-refractivity contribution in [3.05, 3.63) is 48.0 Å². The number of guanidine groups is 1. The molecule has 0 bridgehead atoms. The molecule has 1 aromatic carbocycles. The molecule has 0 atom stereocenters. The van der Waals surface area contributed by atoms with E-state index in [1.54, 1.807) is 6.33 Å². The summed E-state index contributed by atoms with van der Waals surface area (Å²) < 4.78 is 7.41. The smallest absolute Gasteiger partial charge is 0.191 e. The van der Waals surface area contributed by atoms with Crippen molar-refractivity contribution in [3.8, 4) is 0 Å². The summed E-state index contributed by atoms with van der Waals surface area (Å²) in [7, 11) is 0. The van der Waals surface area contributed by atoms with Gasteiger partial charge in [-0.1, -0.05) is 37.3 Å². The molecule has 0 aliphatic carbocycles. The minimum atomic E-state index is 0.0350. The Labute approximate surface area is 190 Å². The molecule has 0 radical (unpaired) electrons. The number of ether oxygens (including phenoxy) is 1. The minimum absolute atomic E-state index is 0.0350. The molecule has 0 spiro atoms. The quantitative estimate of drug-likeness (QED) is 0.256. The molecule has 1 saturated heterocycles. The van der Waals surface area contributed by atoms with E-state index in [0.29, 0.717) is 25.8 Å². The van der Waals surface area contributed by atoms with Gasteiger partial charge in [-0.05, 0) is 18.4 Å². The number of aliphatic hydroxyl groups is 1. The van der Waals surface area contributed by atoms with Crippen molar-refractivity contribution in [3.63, 3.8) is 0 Å². The highest BCUT2D eigenvalue weighted by atomic mass is 16.5. The van der Waals surface area contributed by atoms with Crippen LogP contribution in [0.5, 0.6) is 0 Å². The lowest BCUT2D eigenvalue weighted by Crippen LogP contribution is -2.49. The van der Waals surface area contributed by atoms with Gasteiger partial charge in [0.15, 0.2) is 5.96 Å². The van der Waals surface area contributed by atoms with E-state index in [4.69, 9.17) is 9.84 Å². The van der Waals surface area contributed by atoms with Gasteiger partial charge >= 0.3 is 0 Å². The summed E-state index contributed by atoms with van der Waals surface area (Å²) in [6, 6.07) is 11.1. The van der Waals surface area contributed by atoms with Crippen molar-refractivity contribution in [2.24, 2.45) is 4.99 Å². The van der Waals surface area contributed by atoms with Crippen LogP contribution in [0, 0.1) is 0 Å². The van der Waals surface area contributed by atoms with E-state index < -0.39 is 0 Å². The van der Waals surface area contributed by atoms with Crippen LogP contribution in [0.25, 0.3) is 0 Å². The van der Waals surface area contributed by atoms with Crippen molar-refractivity contribution in [1.29, 1.82) is 0 Å². The van der Waals surface area contributed by atoms with Crippen LogP contribution in [0.2, 0.25) is 0 Å². The average Bonchev–Trinajstić information content (AvgIpc) is 3.28. The number of nitrogens with zero attached hydrogens (tertiary/aromatic N) is 5. The van der Waals surface area contributed by atoms with Gasteiger partial charge < -0.3 is 25.0 Å². The Morgan fingerprint density at radius 3 is 2.78 bits per heavy atom. The van der Waals surface area contributed by atoms with Crippen molar-refractivity contribution < 1.29 is 9.84 Å². The Hall–Kier alpha value is -2.49. The molecule has 0 amide bonds. The molecule has 9 heteroatoms. The zero-order valence-electron chi connectivity index (χ0n) is 19.1. The number of rotatable bonds is 12. The first-order valence-corrected chi connectivity index (χ1v) is 11.6. The summed E-state index contributed by atoms with van der Waals surface area (Å²) in [6.07, 6.45) is 4.80. The lowest BCUT2D eigenvalue weighted by Gasteiger charge is -2.33. The topological polar surface area (TPSA) is 99.8 Å². The van der Waals surface area contributed by atoms with E-state index in [1.165, 1.54) is 5.56 Å². The molecule has 3 N–H and O–H groups in total. The molecule has 0 unspecified atom stereocenters. The van der Waals surface area contributed by atoms with Crippen molar-refractivity contribution >= 4 is 5.96 Å². The summed E-state index contributed by atoms with van der Waals surface area (Å²) in [4.78, 5) is 7.18. The van der Waals surface area contributed by atoms with Gasteiger partial charge in [0.1, 0.15) is 12.2 Å². The predicted molar refractivity (Wildman–Crippen MR) is 125 cm³/mol. The summed E-state index contributed by atoms with van der Waals surface area (Å²) in [5.41, 5.74) is 1.37. The number of aromatic nitrogens is 3. The second-order valence-electron chi connectivity index (χ2n) is 7.97. The maximum absolute atomic E-state index is 8.85. The number of benzene rings is 1. The van der Waals surface area contributed by atoms with Gasteiger partial charge in [-0.2, -0.15) is 0 Å². The predicted octanol–water partition coefficient (Wildman–Crippen LogP) is 1.05. The van der Waals surface area contributed by atoms with Gasteiger partial charge in [0.2, 0.25) is 0 Å². The van der Waals surface area contributed by atoms with Gasteiger partial charge in [0, 0.05) is 45.2 Å². The first-order chi connectivity index (χ1) is 15.8. The minimum Gasteiger partial charge on any atom is -0.394 e. The van der Waals surface area contributed by atoms with Gasteiger partial charge in [-0.3, -0.25) is 9.89 Å². The van der Waals surface area contributed by atoms with E-state index in [-0.39, 0.29) is 6.61 Å². The molecule has 0 saturated carbocycles. The normalized spacial score (nSPS) is 15.8. The van der Waals surface area contributed by atoms with E-state index in [9.17, 15) is 0 Å². The zero-order valence-corrected chi connectivity index (χ0v) is 19.1. The summed E-state index contributed by atoms with van der Waals surface area (Å²) >= 11 is 0. The summed E-state index contributed by atoms with van der Waals surface area (Å²) in [5.74, 6) is 1.80. The number of piperidine rings is 1. The standard InChI is InChI=1S/C23H37N7O2/c1-2-22-28-26-19-30(22)14-10-24-23(25-11-16-32-17-15-31)27-21-8-12-29(13-9-21)18-20-6-4-3-5-7-20/h3-7,19,21,31H,2,8-18H2,1H3,(H2,24,25,27). The van der Waals surface area contributed by atoms with Gasteiger partial charge in [0.05, 0.1) is 26.4 Å². The molecule has 1 aliphatic heterocycles. The van der Waals surface area contributed by atoms with Crippen molar-refractivity contribution in [1.82, 2.24) is 30.3 Å². The molecule has 2 heterocycles. The number of likely N-dealkylation sites (tertiary alicyclic amines) is 1. The van der Waals surface area contributed by atoms with Crippen LogP contribution >= 0.6 is 0 Å². The first-order valence-electron chi connectivity index (χ1n) is 11.6. The lowest BCUT2D eigenvalue weighted by atomic mass is 10.0. The third kappa shape index (κ3) is 8.22. The Kier molecular flexibility index (Phi) is 10.4. The Morgan fingerprint density at radius 2 is 2.03 bits per heavy atom. The van der Waals surface area contributed by atoms with Gasteiger partial charge in [-0.25, -0.2) is 0 Å². The number of aliphatic imine (C=N–C) groups is 1. The van der Waals surface area contributed by atoms with Gasteiger partial charge in [0.25, 0.3) is 0 Å². The third-order valence-electron chi connectivity index (χ3n) is 5.58. The number of hydrogen-bond donors (Lipinski definition) is 3. The Balaban J connectivity index is 1.46. The molecule has 9 nitrogen and oxygen atoms in total. The van der Waals surface area contributed by atoms with Gasteiger partial charge in [-0.15, -0.1) is 10.2 Å². The van der Waals surface area contributed by atoms with Crippen LogP contribution in [0.3, 0.4) is 0 Å². The highest BCUT2D eigenvalue weighted by Gasteiger charge is 2.20. The lowest BCUT2D eigenvalue weighted by molar-refractivity contribution is 0.0977. The average molecular weight is 444 g/mol. The van der Waals surface area contributed by atoms with E-state index in [1.807, 2.05) is 0 Å². The fourth-order valence-corrected chi connectivity index (χ4v) is 3.85. The molecule has 1 aromatic heterocycles. The zero-order chi connectivity index (χ0) is 22.4. The molecule has 3 rings (SSSR count). The highest BCUT2D eigenvalue weighted by molar-refractivity contribution is 5.80. The number of hydrogen-bond acceptors (Lipinski definition) is 6. The van der Waals surface area contributed by atoms with Crippen LogP contribution in [0.4, 0.5) is 0 Å². The third-order valence-corrected chi connectivity index (χ3v) is 5.58. The fraction of sp³-hybridized carbons (Fsp3) is 0.609. The maximum Gasteiger partial charge on any atom is 0.191 e. The second-order valence-corrected chi connectivity index (χ2v) is 7.97. The Bertz CT molecular complexity index is 789. The molecule has 1 fully saturated rings. The van der Waals surface area contributed by atoms with Crippen LogP contribution < -0.4 is 10.6 Å². The van der Waals surface area contributed by atoms with Crippen molar-refractivity contribution in [2.45, 2.75) is 45.3 Å². The molecule has 176 valence electrons. The number of aliphatic hydroxyl groups excluding tert-OH is 1. The summed E-state index contributed by atoms with van der Waals surface area (Å²) in [6.45, 7) is 8.18. The van der Waals surface area contributed by atoms with Crippen LogP contribution in [-0.4, -0.2) is 82.8 Å². The van der Waals surface area contributed by atoms with E-state index >= 15 is 0 Å². The molecule has 32 heavy (non-hydrogen) atoms. The van der Waals surface area contributed by atoms with Crippen LogP contribution in [0.1, 0.15) is 31.2 Å². The van der Waals surface area contributed by atoms with E-state index in [2.05, 4.69) is 72.5 Å². The second kappa shape index (κ2) is 13.8. The van der Waals surface area contributed by atoms with E-state index in [0.717, 1.165) is 63.8 Å². The fourth-order valence-electron chi connectivity index (χ4n) is 3.85. The van der Waals surface area contributed by atoms with Crippen molar-refractivity contribution in [2.75, 3.05) is 46.0 Å². The van der Waals surface area contributed by atoms with Crippen LogP contribution in [-0.2, 0) is 24.2 Å². The summed E-state index contributed by atoms with van der Waals surface area (Å²) in [5, 5.41) is 24.0. The molecule has 2 aromatic rings. The molecular weight excluding hydrogens is 406 g/mol. The first kappa shape index (κ1) is 24.2. The molecular formula is C23H37N7O2. The van der Waals surface area contributed by atoms with Crippen LogP contribution in [0.15, 0.2) is 41.7 Å². The monoisotopic (exact) mass is 443 g/mol. The number of nitrogens with one attached hydrogen (secondary N) is 2. The largest absolute Gasteiger partial charge is 0.394 e. The Morgan fingerprint density at radius 1 is 1.22 bits per heavy atom.